The zero-order valence-corrected chi connectivity index (χ0v) is 13.7. The maximum absolute atomic E-state index is 7.47. The number of likely N-dealkylation sites (tertiary alicyclic amines) is 1. The predicted molar refractivity (Wildman–Crippen MR) is 94.4 cm³/mol. The smallest absolute Gasteiger partial charge is 0.120 e. The van der Waals surface area contributed by atoms with Crippen LogP contribution in [0, 0.1) is 12.3 Å². The van der Waals surface area contributed by atoms with Gasteiger partial charge in [-0.25, -0.2) is 0 Å². The molecule has 1 aliphatic rings. The molecule has 0 amide bonds. The summed E-state index contributed by atoms with van der Waals surface area (Å²) in [4.78, 5) is 2.47. The molecule has 2 aromatic carbocycles. The van der Waals surface area contributed by atoms with Gasteiger partial charge in [0.2, 0.25) is 0 Å². The van der Waals surface area contributed by atoms with Crippen molar-refractivity contribution in [2.24, 2.45) is 0 Å². The van der Waals surface area contributed by atoms with Gasteiger partial charge in [0, 0.05) is 19.3 Å². The van der Waals surface area contributed by atoms with Crippen LogP contribution in [0.1, 0.15) is 29.5 Å². The van der Waals surface area contributed by atoms with Crippen molar-refractivity contribution in [3.05, 3.63) is 65.2 Å². The van der Waals surface area contributed by atoms with Crippen LogP contribution in [0.25, 0.3) is 0 Å². The van der Waals surface area contributed by atoms with Crippen LogP contribution >= 0.6 is 0 Å². The fourth-order valence-corrected chi connectivity index (χ4v) is 3.13. The molecule has 2 aromatic rings. The Balaban J connectivity index is 1.61. The molecule has 1 N–H and O–H groups in total. The summed E-state index contributed by atoms with van der Waals surface area (Å²) >= 11 is 0. The second kappa shape index (κ2) is 7.42. The third-order valence-corrected chi connectivity index (χ3v) is 4.42. The van der Waals surface area contributed by atoms with E-state index >= 15 is 0 Å². The maximum Gasteiger partial charge on any atom is 0.120 e. The largest absolute Gasteiger partial charge is 0.489 e. The van der Waals surface area contributed by atoms with Crippen molar-refractivity contribution in [1.82, 2.24) is 4.90 Å². The lowest BCUT2D eigenvalue weighted by atomic mass is 10.1. The Kier molecular flexibility index (Phi) is 5.09. The predicted octanol–water partition coefficient (Wildman–Crippen LogP) is 4.04. The molecule has 3 heteroatoms. The summed E-state index contributed by atoms with van der Waals surface area (Å²) < 4.78 is 6.18. The van der Waals surface area contributed by atoms with E-state index < -0.39 is 0 Å². The quantitative estimate of drug-likeness (QED) is 0.846. The third-order valence-electron chi connectivity index (χ3n) is 4.42. The molecule has 0 aromatic heterocycles. The lowest BCUT2D eigenvalue weighted by molar-refractivity contribution is 0.0843. The Hall–Kier alpha value is -2.13. The normalized spacial score (nSPS) is 18.6. The number of hydrogen-bond donors (Lipinski definition) is 1. The zero-order chi connectivity index (χ0) is 16.1. The standard InChI is InChI=1S/C20H24N2O/c1-16-9-10-19(12-18(16)13-21)23-20-8-5-11-22(15-20)14-17-6-3-2-4-7-17/h2-4,6-7,9-10,12-13,20-21H,5,8,11,14-15H2,1H3. The number of benzene rings is 2. The molecule has 0 bridgehead atoms. The van der Waals surface area contributed by atoms with Gasteiger partial charge in [-0.05, 0) is 55.1 Å². The van der Waals surface area contributed by atoms with Gasteiger partial charge < -0.3 is 10.1 Å². The van der Waals surface area contributed by atoms with Gasteiger partial charge >= 0.3 is 0 Å². The molecular formula is C20H24N2O. The number of ether oxygens (including phenoxy) is 1. The Morgan fingerprint density at radius 3 is 2.83 bits per heavy atom. The highest BCUT2D eigenvalue weighted by Crippen LogP contribution is 2.22. The maximum atomic E-state index is 7.47. The summed E-state index contributed by atoms with van der Waals surface area (Å²) in [5, 5.41) is 7.47. The van der Waals surface area contributed by atoms with E-state index in [2.05, 4.69) is 35.2 Å². The van der Waals surface area contributed by atoms with Crippen molar-refractivity contribution in [1.29, 1.82) is 5.41 Å². The highest BCUT2D eigenvalue weighted by molar-refractivity contribution is 5.79. The van der Waals surface area contributed by atoms with Crippen molar-refractivity contribution < 1.29 is 4.74 Å². The van der Waals surface area contributed by atoms with E-state index in [0.717, 1.165) is 42.9 Å². The summed E-state index contributed by atoms with van der Waals surface area (Å²) in [5.74, 6) is 0.876. The molecule has 3 rings (SSSR count). The van der Waals surface area contributed by atoms with Gasteiger partial charge in [0.1, 0.15) is 11.9 Å². The van der Waals surface area contributed by atoms with Crippen molar-refractivity contribution in [3.8, 4) is 5.75 Å². The molecule has 23 heavy (non-hydrogen) atoms. The van der Waals surface area contributed by atoms with Crippen molar-refractivity contribution in [2.75, 3.05) is 13.1 Å². The molecule has 1 saturated heterocycles. The third kappa shape index (κ3) is 4.20. The van der Waals surface area contributed by atoms with Crippen LogP contribution in [0.3, 0.4) is 0 Å². The van der Waals surface area contributed by atoms with Gasteiger partial charge in [0.25, 0.3) is 0 Å². The summed E-state index contributed by atoms with van der Waals surface area (Å²) in [5.41, 5.74) is 3.40. The Morgan fingerprint density at radius 1 is 1.22 bits per heavy atom. The molecule has 0 saturated carbocycles. The summed E-state index contributed by atoms with van der Waals surface area (Å²) in [6.07, 6.45) is 3.89. The number of rotatable bonds is 5. The first kappa shape index (κ1) is 15.8. The second-order valence-corrected chi connectivity index (χ2v) is 6.27. The van der Waals surface area contributed by atoms with Gasteiger partial charge in [-0.2, -0.15) is 0 Å². The Morgan fingerprint density at radius 2 is 2.04 bits per heavy atom. The molecular weight excluding hydrogens is 284 g/mol. The monoisotopic (exact) mass is 308 g/mol. The van der Waals surface area contributed by atoms with Gasteiger partial charge in [-0.3, -0.25) is 4.90 Å². The SMILES string of the molecule is Cc1ccc(OC2CCCN(Cc3ccccc3)C2)cc1C=N. The van der Waals surface area contributed by atoms with E-state index in [-0.39, 0.29) is 6.10 Å². The second-order valence-electron chi connectivity index (χ2n) is 6.27. The van der Waals surface area contributed by atoms with Gasteiger partial charge in [-0.15, -0.1) is 0 Å². The van der Waals surface area contributed by atoms with Crippen LogP contribution in [-0.2, 0) is 6.54 Å². The Labute approximate surface area is 138 Å². The molecule has 1 aliphatic heterocycles. The topological polar surface area (TPSA) is 36.3 Å². The zero-order valence-electron chi connectivity index (χ0n) is 13.7. The van der Waals surface area contributed by atoms with Crippen LogP contribution in [-0.4, -0.2) is 30.3 Å². The molecule has 1 fully saturated rings. The number of hydrogen-bond acceptors (Lipinski definition) is 3. The molecule has 0 radical (unpaired) electrons. The number of nitrogens with zero attached hydrogens (tertiary/aromatic N) is 1. The average molecular weight is 308 g/mol. The van der Waals surface area contributed by atoms with Crippen molar-refractivity contribution >= 4 is 6.21 Å². The van der Waals surface area contributed by atoms with E-state index in [4.69, 9.17) is 10.1 Å². The summed E-state index contributed by atoms with van der Waals surface area (Å²) in [6.45, 7) is 5.10. The lowest BCUT2D eigenvalue weighted by Gasteiger charge is -2.33. The van der Waals surface area contributed by atoms with E-state index in [1.165, 1.54) is 18.2 Å². The van der Waals surface area contributed by atoms with E-state index in [0.29, 0.717) is 0 Å². The van der Waals surface area contributed by atoms with Crippen LogP contribution in [0.4, 0.5) is 0 Å². The van der Waals surface area contributed by atoms with E-state index in [9.17, 15) is 0 Å². The molecule has 1 unspecified atom stereocenters. The molecule has 120 valence electrons. The van der Waals surface area contributed by atoms with Crippen LogP contribution in [0.15, 0.2) is 48.5 Å². The van der Waals surface area contributed by atoms with Gasteiger partial charge in [0.05, 0.1) is 0 Å². The van der Waals surface area contributed by atoms with Crippen molar-refractivity contribution in [3.63, 3.8) is 0 Å². The number of aryl methyl sites for hydroxylation is 1. The molecule has 1 heterocycles. The highest BCUT2D eigenvalue weighted by Gasteiger charge is 2.21. The fourth-order valence-electron chi connectivity index (χ4n) is 3.13. The first-order valence-electron chi connectivity index (χ1n) is 8.28. The fraction of sp³-hybridized carbons (Fsp3) is 0.350. The van der Waals surface area contributed by atoms with Crippen LogP contribution in [0.5, 0.6) is 5.75 Å². The first-order valence-corrected chi connectivity index (χ1v) is 8.28. The Bertz CT molecular complexity index is 654. The van der Waals surface area contributed by atoms with E-state index in [1.807, 2.05) is 25.1 Å². The minimum absolute atomic E-state index is 0.230. The lowest BCUT2D eigenvalue weighted by Crippen LogP contribution is -2.40. The minimum Gasteiger partial charge on any atom is -0.489 e. The van der Waals surface area contributed by atoms with Gasteiger partial charge in [-0.1, -0.05) is 36.4 Å². The first-order chi connectivity index (χ1) is 11.2. The minimum atomic E-state index is 0.230. The summed E-state index contributed by atoms with van der Waals surface area (Å²) in [6, 6.07) is 16.6. The molecule has 0 spiro atoms. The van der Waals surface area contributed by atoms with Crippen LogP contribution < -0.4 is 4.74 Å². The molecule has 1 atom stereocenters. The highest BCUT2D eigenvalue weighted by atomic mass is 16.5. The van der Waals surface area contributed by atoms with Crippen LogP contribution in [0.2, 0.25) is 0 Å². The average Bonchev–Trinajstić information content (AvgIpc) is 2.58. The van der Waals surface area contributed by atoms with Gasteiger partial charge in [0.15, 0.2) is 0 Å². The summed E-state index contributed by atoms with van der Waals surface area (Å²) in [7, 11) is 0. The van der Waals surface area contributed by atoms with E-state index in [1.54, 1.807) is 0 Å². The number of nitrogens with one attached hydrogen (secondary N) is 1. The molecule has 0 aliphatic carbocycles. The number of piperidine rings is 1. The van der Waals surface area contributed by atoms with Crippen molar-refractivity contribution in [2.45, 2.75) is 32.4 Å². The molecule has 3 nitrogen and oxygen atoms in total.